The van der Waals surface area contributed by atoms with Crippen molar-refractivity contribution in [3.8, 4) is 0 Å². The van der Waals surface area contributed by atoms with E-state index in [0.29, 0.717) is 30.7 Å². The first-order valence-corrected chi connectivity index (χ1v) is 10.4. The lowest BCUT2D eigenvalue weighted by molar-refractivity contribution is -0.120. The molecule has 2 bridgehead atoms. The number of aliphatic imine (C=N–C) groups is 1. The van der Waals surface area contributed by atoms with Gasteiger partial charge in [-0.1, -0.05) is 13.8 Å². The summed E-state index contributed by atoms with van der Waals surface area (Å²) in [7, 11) is 0. The van der Waals surface area contributed by atoms with E-state index in [9.17, 15) is 9.59 Å². The summed E-state index contributed by atoms with van der Waals surface area (Å²) in [5.41, 5.74) is 1.17. The van der Waals surface area contributed by atoms with Gasteiger partial charge in [-0.15, -0.1) is 0 Å². The van der Waals surface area contributed by atoms with Gasteiger partial charge in [0.2, 0.25) is 0 Å². The van der Waals surface area contributed by atoms with Crippen LogP contribution < -0.4 is 16.5 Å². The van der Waals surface area contributed by atoms with Crippen molar-refractivity contribution < 1.29 is 9.59 Å². The van der Waals surface area contributed by atoms with E-state index < -0.39 is 0 Å². The van der Waals surface area contributed by atoms with Gasteiger partial charge >= 0.3 is 0 Å². The molecule has 4 rings (SSSR count). The molecule has 3 aliphatic carbocycles. The highest BCUT2D eigenvalue weighted by atomic mass is 16.2. The van der Waals surface area contributed by atoms with Crippen molar-refractivity contribution in [2.75, 3.05) is 13.1 Å². The van der Waals surface area contributed by atoms with Crippen LogP contribution in [0.1, 0.15) is 65.7 Å². The van der Waals surface area contributed by atoms with Crippen molar-refractivity contribution in [3.05, 3.63) is 23.7 Å². The van der Waals surface area contributed by atoms with Gasteiger partial charge in [0.1, 0.15) is 17.2 Å². The SMILES string of the molecule is CC/C=C1/N=C(C(=O)NCC)C=C(C(=O)NCC23CCC(C)(CC2)CC3)N1N. The van der Waals surface area contributed by atoms with E-state index in [-0.39, 0.29) is 28.6 Å². The molecule has 154 valence electrons. The molecule has 28 heavy (non-hydrogen) atoms. The number of amides is 2. The zero-order valence-corrected chi connectivity index (χ0v) is 17.3. The Labute approximate surface area is 167 Å². The Kier molecular flexibility index (Phi) is 5.93. The lowest BCUT2D eigenvalue weighted by atomic mass is 9.54. The van der Waals surface area contributed by atoms with Crippen molar-refractivity contribution in [1.82, 2.24) is 15.6 Å². The summed E-state index contributed by atoms with van der Waals surface area (Å²) in [6, 6.07) is 0. The van der Waals surface area contributed by atoms with E-state index >= 15 is 0 Å². The number of nitrogens with two attached hydrogens (primary N) is 1. The van der Waals surface area contributed by atoms with Gasteiger partial charge in [0.25, 0.3) is 11.8 Å². The smallest absolute Gasteiger partial charge is 0.270 e. The quantitative estimate of drug-likeness (QED) is 0.609. The Morgan fingerprint density at radius 1 is 1.14 bits per heavy atom. The molecule has 4 aliphatic rings. The number of carbonyl (C=O) groups is 2. The van der Waals surface area contributed by atoms with Crippen LogP contribution in [0.4, 0.5) is 0 Å². The Bertz CT molecular complexity index is 713. The second-order valence-corrected chi connectivity index (χ2v) is 8.72. The third kappa shape index (κ3) is 4.14. The van der Waals surface area contributed by atoms with Crippen LogP contribution in [0.2, 0.25) is 0 Å². The molecular weight excluding hydrogens is 354 g/mol. The number of hydrogen-bond acceptors (Lipinski definition) is 5. The average Bonchev–Trinajstić information content (AvgIpc) is 2.69. The van der Waals surface area contributed by atoms with Crippen molar-refractivity contribution in [3.63, 3.8) is 0 Å². The maximum atomic E-state index is 12.9. The molecule has 2 amide bonds. The van der Waals surface area contributed by atoms with Gasteiger partial charge in [0, 0.05) is 19.2 Å². The van der Waals surface area contributed by atoms with E-state index in [1.165, 1.54) is 49.6 Å². The van der Waals surface area contributed by atoms with Gasteiger partial charge < -0.3 is 10.6 Å². The fourth-order valence-electron chi connectivity index (χ4n) is 4.48. The third-order valence-electron chi connectivity index (χ3n) is 6.60. The summed E-state index contributed by atoms with van der Waals surface area (Å²) in [5.74, 6) is 6.00. The first-order valence-electron chi connectivity index (χ1n) is 10.4. The second-order valence-electron chi connectivity index (χ2n) is 8.72. The maximum absolute atomic E-state index is 12.9. The first-order chi connectivity index (χ1) is 13.3. The zero-order chi connectivity index (χ0) is 20.4. The molecule has 0 spiro atoms. The number of fused-ring (bicyclic) bond motifs is 3. The van der Waals surface area contributed by atoms with Crippen LogP contribution in [0.15, 0.2) is 28.7 Å². The molecule has 4 N–H and O–H groups in total. The maximum Gasteiger partial charge on any atom is 0.270 e. The van der Waals surface area contributed by atoms with Crippen LogP contribution in [0, 0.1) is 10.8 Å². The fourth-order valence-corrected chi connectivity index (χ4v) is 4.48. The topological polar surface area (TPSA) is 99.8 Å². The Morgan fingerprint density at radius 3 is 2.36 bits per heavy atom. The Balaban J connectivity index is 1.73. The van der Waals surface area contributed by atoms with Gasteiger partial charge in [-0.2, -0.15) is 0 Å². The van der Waals surface area contributed by atoms with E-state index in [4.69, 9.17) is 5.84 Å². The van der Waals surface area contributed by atoms with Gasteiger partial charge in [-0.25, -0.2) is 10.8 Å². The minimum atomic E-state index is -0.305. The van der Waals surface area contributed by atoms with Crippen LogP contribution in [0.25, 0.3) is 0 Å². The predicted molar refractivity (Wildman–Crippen MR) is 110 cm³/mol. The number of allylic oxidation sites excluding steroid dienone is 1. The Hall–Kier alpha value is -2.15. The van der Waals surface area contributed by atoms with Crippen molar-refractivity contribution in [2.45, 2.75) is 65.7 Å². The minimum Gasteiger partial charge on any atom is -0.351 e. The highest BCUT2D eigenvalue weighted by molar-refractivity contribution is 6.44. The summed E-state index contributed by atoms with van der Waals surface area (Å²) in [6.45, 7) is 7.34. The molecule has 0 aromatic rings. The molecule has 0 aromatic carbocycles. The van der Waals surface area contributed by atoms with Gasteiger partial charge in [0.05, 0.1) is 0 Å². The summed E-state index contributed by atoms with van der Waals surface area (Å²) in [4.78, 5) is 29.5. The molecular formula is C21H33N5O2. The van der Waals surface area contributed by atoms with Crippen LogP contribution in [-0.2, 0) is 9.59 Å². The summed E-state index contributed by atoms with van der Waals surface area (Å²) in [6.07, 6.45) is 11.2. The normalized spacial score (nSPS) is 30.7. The summed E-state index contributed by atoms with van der Waals surface area (Å²) >= 11 is 0. The molecule has 1 heterocycles. The van der Waals surface area contributed by atoms with Crippen LogP contribution >= 0.6 is 0 Å². The first kappa shape index (κ1) is 20.6. The monoisotopic (exact) mass is 387 g/mol. The number of hydrogen-bond donors (Lipinski definition) is 3. The standard InChI is InChI=1S/C21H33N5O2/c1-4-6-17-25-15(18(27)23-5-2)13-16(26(17)22)19(28)24-14-21-10-7-20(3,8-11-21)9-12-21/h6,13H,4-5,7-12,14,22H2,1-3H3,(H,23,27)(H,24,28)/b17-6-. The molecule has 1 aliphatic heterocycles. The molecule has 0 unspecified atom stereocenters. The van der Waals surface area contributed by atoms with Crippen molar-refractivity contribution >= 4 is 17.5 Å². The zero-order valence-electron chi connectivity index (χ0n) is 17.3. The molecule has 0 atom stereocenters. The Morgan fingerprint density at radius 2 is 1.79 bits per heavy atom. The third-order valence-corrected chi connectivity index (χ3v) is 6.60. The number of nitrogens with one attached hydrogen (secondary N) is 2. The van der Waals surface area contributed by atoms with E-state index in [2.05, 4.69) is 22.5 Å². The van der Waals surface area contributed by atoms with Crippen LogP contribution in [0.5, 0.6) is 0 Å². The molecule has 7 nitrogen and oxygen atoms in total. The van der Waals surface area contributed by atoms with Gasteiger partial charge in [-0.3, -0.25) is 14.6 Å². The highest BCUT2D eigenvalue weighted by Gasteiger charge is 2.46. The number of nitrogens with zero attached hydrogens (tertiary/aromatic N) is 2. The molecule has 0 aromatic heterocycles. The van der Waals surface area contributed by atoms with Crippen molar-refractivity contribution in [2.24, 2.45) is 21.7 Å². The predicted octanol–water partition coefficient (Wildman–Crippen LogP) is 2.36. The van der Waals surface area contributed by atoms with E-state index in [1.54, 1.807) is 6.08 Å². The minimum absolute atomic E-state index is 0.206. The molecule has 0 radical (unpaired) electrons. The lowest BCUT2D eigenvalue weighted by Crippen LogP contribution is -2.49. The molecule has 7 heteroatoms. The average molecular weight is 388 g/mol. The fraction of sp³-hybridized carbons (Fsp3) is 0.667. The number of carbonyl (C=O) groups excluding carboxylic acids is 2. The van der Waals surface area contributed by atoms with Crippen molar-refractivity contribution in [1.29, 1.82) is 0 Å². The van der Waals surface area contributed by atoms with Crippen LogP contribution in [0.3, 0.4) is 0 Å². The number of hydrazine groups is 1. The van der Waals surface area contributed by atoms with E-state index in [0.717, 1.165) is 0 Å². The highest BCUT2D eigenvalue weighted by Crippen LogP contribution is 2.56. The second kappa shape index (κ2) is 8.07. The molecule has 3 fully saturated rings. The number of rotatable bonds is 6. The largest absolute Gasteiger partial charge is 0.351 e. The molecule has 0 saturated heterocycles. The molecule has 3 saturated carbocycles. The summed E-state index contributed by atoms with van der Waals surface area (Å²) < 4.78 is 0. The van der Waals surface area contributed by atoms with E-state index in [1.807, 2.05) is 13.8 Å². The van der Waals surface area contributed by atoms with Crippen LogP contribution in [-0.4, -0.2) is 35.6 Å². The van der Waals surface area contributed by atoms with Gasteiger partial charge in [-0.05, 0) is 68.8 Å². The lowest BCUT2D eigenvalue weighted by Gasteiger charge is -2.52. The summed E-state index contributed by atoms with van der Waals surface area (Å²) in [5, 5.41) is 7.10. The van der Waals surface area contributed by atoms with Gasteiger partial charge in [0.15, 0.2) is 0 Å².